The highest BCUT2D eigenvalue weighted by atomic mass is 127. The maximum atomic E-state index is 12.0. The van der Waals surface area contributed by atoms with Gasteiger partial charge in [0.15, 0.2) is 5.96 Å². The minimum Gasteiger partial charge on any atom is -0.357 e. The summed E-state index contributed by atoms with van der Waals surface area (Å²) in [4.78, 5) is 23.0. The number of hydrogen-bond acceptors (Lipinski definition) is 4. The maximum Gasteiger partial charge on any atom is 0.253 e. The Bertz CT molecular complexity index is 1050. The molecule has 1 aromatic heterocycles. The van der Waals surface area contributed by atoms with E-state index in [0.29, 0.717) is 12.1 Å². The summed E-state index contributed by atoms with van der Waals surface area (Å²) in [5.41, 5.74) is 5.23. The molecule has 0 saturated carbocycles. The van der Waals surface area contributed by atoms with Crippen LogP contribution in [0.5, 0.6) is 0 Å². The summed E-state index contributed by atoms with van der Waals surface area (Å²) in [6, 6.07) is 16.1. The first kappa shape index (κ1) is 26.8. The van der Waals surface area contributed by atoms with Crippen LogP contribution in [0.25, 0.3) is 10.6 Å². The lowest BCUT2D eigenvalue weighted by molar-refractivity contribution is 0.0827. The van der Waals surface area contributed by atoms with E-state index in [0.717, 1.165) is 47.3 Å². The zero-order valence-electron chi connectivity index (χ0n) is 19.6. The van der Waals surface area contributed by atoms with Crippen LogP contribution in [0.4, 0.5) is 0 Å². The molecule has 0 bridgehead atoms. The van der Waals surface area contributed by atoms with Crippen molar-refractivity contribution in [3.05, 3.63) is 76.3 Å². The monoisotopic (exact) mass is 577 g/mol. The molecule has 0 aliphatic rings. The fourth-order valence-electron chi connectivity index (χ4n) is 3.08. The molecular formula is C25H32IN5OS. The molecule has 1 amide bonds. The van der Waals surface area contributed by atoms with Crippen LogP contribution in [0, 0.1) is 6.92 Å². The van der Waals surface area contributed by atoms with Crippen LogP contribution in [-0.2, 0) is 13.0 Å². The molecule has 0 radical (unpaired) electrons. The second-order valence-electron chi connectivity index (χ2n) is 7.78. The van der Waals surface area contributed by atoms with Gasteiger partial charge in [-0.1, -0.05) is 42.0 Å². The van der Waals surface area contributed by atoms with Gasteiger partial charge < -0.3 is 15.5 Å². The van der Waals surface area contributed by atoms with Gasteiger partial charge in [0.1, 0.15) is 5.01 Å². The fourth-order valence-corrected chi connectivity index (χ4v) is 3.94. The average Bonchev–Trinajstić information content (AvgIpc) is 3.26. The largest absolute Gasteiger partial charge is 0.357 e. The number of nitrogens with one attached hydrogen (secondary N) is 2. The highest BCUT2D eigenvalue weighted by Crippen LogP contribution is 2.24. The van der Waals surface area contributed by atoms with Gasteiger partial charge in [0.05, 0.1) is 12.2 Å². The topological polar surface area (TPSA) is 69.6 Å². The zero-order chi connectivity index (χ0) is 22.9. The maximum absolute atomic E-state index is 12.0. The SMILES string of the molecule is CCNC(=NCc1ccc(C(=O)N(C)C)cc1)NCCc1csc(-c2ccc(C)cc2)n1.I. The third-order valence-corrected chi connectivity index (χ3v) is 5.84. The molecule has 3 rings (SSSR count). The van der Waals surface area contributed by atoms with E-state index in [9.17, 15) is 4.79 Å². The minimum absolute atomic E-state index is 0. The molecule has 0 spiro atoms. The summed E-state index contributed by atoms with van der Waals surface area (Å²) in [6.45, 7) is 6.22. The van der Waals surface area contributed by atoms with Gasteiger partial charge in [-0.05, 0) is 31.5 Å². The number of aryl methyl sites for hydroxylation is 1. The molecule has 0 aliphatic heterocycles. The summed E-state index contributed by atoms with van der Waals surface area (Å²) < 4.78 is 0. The molecule has 0 aliphatic carbocycles. The first-order valence-electron chi connectivity index (χ1n) is 10.8. The predicted octanol–water partition coefficient (Wildman–Crippen LogP) is 4.74. The van der Waals surface area contributed by atoms with E-state index in [1.807, 2.05) is 31.2 Å². The van der Waals surface area contributed by atoms with E-state index in [1.54, 1.807) is 30.3 Å². The van der Waals surface area contributed by atoms with E-state index < -0.39 is 0 Å². The van der Waals surface area contributed by atoms with Crippen LogP contribution in [0.1, 0.15) is 34.1 Å². The molecule has 176 valence electrons. The first-order chi connectivity index (χ1) is 15.5. The Labute approximate surface area is 217 Å². The number of thiazole rings is 1. The normalized spacial score (nSPS) is 11.0. The molecule has 1 heterocycles. The van der Waals surface area contributed by atoms with Crippen LogP contribution in [0.15, 0.2) is 58.9 Å². The van der Waals surface area contributed by atoms with Crippen LogP contribution in [-0.4, -0.2) is 48.9 Å². The lowest BCUT2D eigenvalue weighted by atomic mass is 10.1. The number of carbonyl (C=O) groups excluding carboxylic acids is 1. The first-order valence-corrected chi connectivity index (χ1v) is 11.7. The molecule has 0 unspecified atom stereocenters. The Balaban J connectivity index is 0.00000385. The smallest absolute Gasteiger partial charge is 0.253 e. The molecule has 0 atom stereocenters. The summed E-state index contributed by atoms with van der Waals surface area (Å²) in [5, 5.41) is 9.84. The van der Waals surface area contributed by atoms with Crippen molar-refractivity contribution in [1.82, 2.24) is 20.5 Å². The number of amides is 1. The van der Waals surface area contributed by atoms with Gasteiger partial charge in [-0.15, -0.1) is 35.3 Å². The van der Waals surface area contributed by atoms with Gasteiger partial charge in [-0.25, -0.2) is 9.98 Å². The molecule has 2 N–H and O–H groups in total. The van der Waals surface area contributed by atoms with Crippen molar-refractivity contribution in [3.8, 4) is 10.6 Å². The number of benzene rings is 2. The lowest BCUT2D eigenvalue weighted by Crippen LogP contribution is -2.38. The highest BCUT2D eigenvalue weighted by molar-refractivity contribution is 14.0. The van der Waals surface area contributed by atoms with E-state index in [1.165, 1.54) is 5.56 Å². The standard InChI is InChI=1S/C25H31N5OS.HI/c1-5-26-25(28-16-19-8-12-21(13-9-19)24(31)30(3)4)27-15-14-22-17-32-23(29-22)20-10-6-18(2)7-11-20;/h6-13,17H,5,14-16H2,1-4H3,(H2,26,27,28);1H. The van der Waals surface area contributed by atoms with E-state index in [4.69, 9.17) is 4.98 Å². The number of aromatic nitrogens is 1. The Kier molecular flexibility index (Phi) is 10.8. The number of rotatable bonds is 8. The van der Waals surface area contributed by atoms with Crippen molar-refractivity contribution >= 4 is 47.2 Å². The van der Waals surface area contributed by atoms with Crippen LogP contribution >= 0.6 is 35.3 Å². The van der Waals surface area contributed by atoms with Crippen molar-refractivity contribution in [1.29, 1.82) is 0 Å². The van der Waals surface area contributed by atoms with Crippen molar-refractivity contribution in [2.75, 3.05) is 27.2 Å². The fraction of sp³-hybridized carbons (Fsp3) is 0.320. The number of halogens is 1. The van der Waals surface area contributed by atoms with E-state index in [-0.39, 0.29) is 29.9 Å². The van der Waals surface area contributed by atoms with Gasteiger partial charge in [-0.2, -0.15) is 0 Å². The number of hydrogen-bond donors (Lipinski definition) is 2. The van der Waals surface area contributed by atoms with Crippen molar-refractivity contribution in [2.24, 2.45) is 4.99 Å². The summed E-state index contributed by atoms with van der Waals surface area (Å²) in [7, 11) is 3.51. The minimum atomic E-state index is 0. The number of carbonyl (C=O) groups is 1. The number of nitrogens with zero attached hydrogens (tertiary/aromatic N) is 3. The van der Waals surface area contributed by atoms with Crippen molar-refractivity contribution in [2.45, 2.75) is 26.8 Å². The Hall–Kier alpha value is -2.46. The molecule has 3 aromatic rings. The second-order valence-corrected chi connectivity index (χ2v) is 8.64. The van der Waals surface area contributed by atoms with Crippen molar-refractivity contribution in [3.63, 3.8) is 0 Å². The van der Waals surface area contributed by atoms with E-state index >= 15 is 0 Å². The quantitative estimate of drug-likeness (QED) is 0.231. The average molecular weight is 578 g/mol. The van der Waals surface area contributed by atoms with Crippen molar-refractivity contribution < 1.29 is 4.79 Å². The molecule has 2 aromatic carbocycles. The number of aliphatic imine (C=N–C) groups is 1. The lowest BCUT2D eigenvalue weighted by Gasteiger charge is -2.11. The summed E-state index contributed by atoms with van der Waals surface area (Å²) >= 11 is 1.68. The third-order valence-electron chi connectivity index (χ3n) is 4.89. The Morgan fingerprint density at radius 1 is 1.06 bits per heavy atom. The predicted molar refractivity (Wildman–Crippen MR) is 149 cm³/mol. The molecule has 6 nitrogen and oxygen atoms in total. The van der Waals surface area contributed by atoms with Gasteiger partial charge in [0.25, 0.3) is 5.91 Å². The number of guanidine groups is 1. The molecule has 8 heteroatoms. The van der Waals surface area contributed by atoms with Gasteiger partial charge >= 0.3 is 0 Å². The van der Waals surface area contributed by atoms with E-state index in [2.05, 4.69) is 52.2 Å². The van der Waals surface area contributed by atoms with Crippen LogP contribution < -0.4 is 10.6 Å². The van der Waals surface area contributed by atoms with Crippen LogP contribution in [0.2, 0.25) is 0 Å². The van der Waals surface area contributed by atoms with Crippen LogP contribution in [0.3, 0.4) is 0 Å². The molecular weight excluding hydrogens is 545 g/mol. The Morgan fingerprint density at radius 3 is 2.39 bits per heavy atom. The highest BCUT2D eigenvalue weighted by Gasteiger charge is 2.08. The van der Waals surface area contributed by atoms with Gasteiger partial charge in [0, 0.05) is 50.1 Å². The van der Waals surface area contributed by atoms with Gasteiger partial charge in [-0.3, -0.25) is 4.79 Å². The summed E-state index contributed by atoms with van der Waals surface area (Å²) in [5.74, 6) is 0.776. The molecule has 33 heavy (non-hydrogen) atoms. The second kappa shape index (κ2) is 13.3. The third kappa shape index (κ3) is 8.12. The summed E-state index contributed by atoms with van der Waals surface area (Å²) in [6.07, 6.45) is 0.827. The van der Waals surface area contributed by atoms with Gasteiger partial charge in [0.2, 0.25) is 0 Å². The molecule has 0 saturated heterocycles. The zero-order valence-corrected chi connectivity index (χ0v) is 22.7. The molecule has 0 fully saturated rings. The Morgan fingerprint density at radius 2 is 1.76 bits per heavy atom.